The number of hydrogen-bond donors (Lipinski definition) is 3. The Kier molecular flexibility index (Phi) is 4.99. The van der Waals surface area contributed by atoms with Gasteiger partial charge in [0, 0.05) is 5.92 Å². The van der Waals surface area contributed by atoms with Crippen molar-refractivity contribution in [1.29, 1.82) is 0 Å². The molecule has 0 aromatic carbocycles. The highest BCUT2D eigenvalue weighted by Crippen LogP contribution is 2.71. The highest BCUT2D eigenvalue weighted by Gasteiger charge is 2.71. The van der Waals surface area contributed by atoms with Crippen LogP contribution in [0.1, 0.15) is 79.1 Å². The molecule has 6 fully saturated rings. The highest BCUT2D eigenvalue weighted by atomic mass is 16.7. The van der Waals surface area contributed by atoms with Crippen molar-refractivity contribution in [2.75, 3.05) is 6.61 Å². The minimum Gasteiger partial charge on any atom is -0.393 e. The van der Waals surface area contributed by atoms with Crippen LogP contribution >= 0.6 is 0 Å². The van der Waals surface area contributed by atoms with Crippen LogP contribution in [0.4, 0.5) is 0 Å². The van der Waals surface area contributed by atoms with Crippen LogP contribution in [0.2, 0.25) is 0 Å². The summed E-state index contributed by atoms with van der Waals surface area (Å²) in [6, 6.07) is 0. The number of rotatable bonds is 0. The fraction of sp³-hybridized carbons (Fsp3) is 1.00. The van der Waals surface area contributed by atoms with Gasteiger partial charge < -0.3 is 24.8 Å². The van der Waals surface area contributed by atoms with E-state index >= 15 is 0 Å². The third-order valence-electron chi connectivity index (χ3n) is 11.9. The van der Waals surface area contributed by atoms with E-state index in [1.807, 2.05) is 0 Å². The summed E-state index contributed by atoms with van der Waals surface area (Å²) in [6.07, 6.45) is 6.86. The monoisotopic (exact) mass is 448 g/mol. The Labute approximate surface area is 193 Å². The molecule has 0 aromatic rings. The lowest BCUT2D eigenvalue weighted by molar-refractivity contribution is -0.316. The Bertz CT molecular complexity index is 758. The Morgan fingerprint density at radius 1 is 0.812 bits per heavy atom. The van der Waals surface area contributed by atoms with Crippen molar-refractivity contribution in [1.82, 2.24) is 0 Å². The lowest BCUT2D eigenvalue weighted by Gasteiger charge is -2.62. The molecule has 3 N–H and O–H groups in total. The Morgan fingerprint density at radius 3 is 2.31 bits per heavy atom. The lowest BCUT2D eigenvalue weighted by Crippen LogP contribution is -2.59. The molecule has 0 bridgehead atoms. The molecule has 2 heterocycles. The molecule has 0 radical (unpaired) electrons. The second-order valence-electron chi connectivity index (χ2n) is 13.4. The van der Waals surface area contributed by atoms with Crippen LogP contribution in [0.5, 0.6) is 0 Å². The number of hydrogen-bond acceptors (Lipinski definition) is 5. The molecule has 5 nitrogen and oxygen atoms in total. The summed E-state index contributed by atoms with van der Waals surface area (Å²) in [5.41, 5.74) is 0.324. The SMILES string of the molecule is CC1[C@H]2[C@H](C[C@H]3[C@@H]4C[C@H](O)[C@H]5C[C@@H](O)CC[C@]5(C)[C@H]4CC[C@@]32C)OC12OC[C@H](C)C[C@H]2O. The molecule has 2 aliphatic heterocycles. The van der Waals surface area contributed by atoms with Crippen molar-refractivity contribution < 1.29 is 24.8 Å². The van der Waals surface area contributed by atoms with E-state index in [1.165, 1.54) is 12.8 Å². The van der Waals surface area contributed by atoms with E-state index in [9.17, 15) is 15.3 Å². The summed E-state index contributed by atoms with van der Waals surface area (Å²) in [4.78, 5) is 0. The van der Waals surface area contributed by atoms with Gasteiger partial charge in [0.1, 0.15) is 6.10 Å². The van der Waals surface area contributed by atoms with Crippen LogP contribution in [0.15, 0.2) is 0 Å². The average molecular weight is 449 g/mol. The van der Waals surface area contributed by atoms with Crippen LogP contribution < -0.4 is 0 Å². The molecule has 2 saturated heterocycles. The van der Waals surface area contributed by atoms with Gasteiger partial charge in [-0.25, -0.2) is 0 Å². The van der Waals surface area contributed by atoms with Crippen LogP contribution in [0, 0.1) is 52.3 Å². The van der Waals surface area contributed by atoms with E-state index in [4.69, 9.17) is 9.47 Å². The van der Waals surface area contributed by atoms with E-state index in [0.29, 0.717) is 36.2 Å². The zero-order chi connectivity index (χ0) is 22.6. The van der Waals surface area contributed by atoms with Crippen molar-refractivity contribution in [2.24, 2.45) is 52.3 Å². The van der Waals surface area contributed by atoms with Crippen molar-refractivity contribution in [3.63, 3.8) is 0 Å². The molecule has 4 aliphatic carbocycles. The fourth-order valence-electron chi connectivity index (χ4n) is 10.4. The van der Waals surface area contributed by atoms with Gasteiger partial charge in [-0.2, -0.15) is 0 Å². The molecule has 6 aliphatic rings. The van der Waals surface area contributed by atoms with E-state index in [2.05, 4.69) is 27.7 Å². The summed E-state index contributed by atoms with van der Waals surface area (Å²) in [6.45, 7) is 9.98. The summed E-state index contributed by atoms with van der Waals surface area (Å²) >= 11 is 0. The van der Waals surface area contributed by atoms with Crippen LogP contribution in [0.3, 0.4) is 0 Å². The maximum Gasteiger partial charge on any atom is 0.197 e. The van der Waals surface area contributed by atoms with E-state index in [-0.39, 0.29) is 41.0 Å². The van der Waals surface area contributed by atoms with Crippen molar-refractivity contribution in [2.45, 2.75) is 109 Å². The zero-order valence-electron chi connectivity index (χ0n) is 20.4. The predicted octanol–water partition coefficient (Wildman–Crippen LogP) is 3.74. The predicted molar refractivity (Wildman–Crippen MR) is 121 cm³/mol. The molecule has 5 heteroatoms. The molecule has 2 unspecified atom stereocenters. The highest BCUT2D eigenvalue weighted by molar-refractivity contribution is 5.17. The largest absolute Gasteiger partial charge is 0.393 e. The first-order valence-electron chi connectivity index (χ1n) is 13.5. The van der Waals surface area contributed by atoms with Crippen molar-refractivity contribution in [3.8, 4) is 0 Å². The van der Waals surface area contributed by atoms with Gasteiger partial charge >= 0.3 is 0 Å². The molecular weight excluding hydrogens is 404 g/mol. The number of aliphatic hydroxyl groups excluding tert-OH is 3. The normalized spacial score (nSPS) is 64.0. The number of fused-ring (bicyclic) bond motifs is 7. The van der Waals surface area contributed by atoms with Crippen molar-refractivity contribution in [3.05, 3.63) is 0 Å². The van der Waals surface area contributed by atoms with Gasteiger partial charge in [-0.15, -0.1) is 0 Å². The standard InChI is InChI=1S/C27H44O5/c1-14-9-23(30)27(31-13-14)15(2)24-22(32-27)12-19-17-11-21(29)20-10-16(28)5-7-25(20,3)18(17)6-8-26(19,24)4/h14-24,28-30H,5-13H2,1-4H3/t14-,15?,16+,17-,18+,19+,20-,21+,22+,23-,24+,25-,26+,27?/m1/s1. The minimum atomic E-state index is -0.824. The first kappa shape index (κ1) is 22.3. The molecule has 6 rings (SSSR count). The lowest BCUT2D eigenvalue weighted by atomic mass is 9.43. The molecule has 0 aromatic heterocycles. The smallest absolute Gasteiger partial charge is 0.197 e. The first-order valence-corrected chi connectivity index (χ1v) is 13.5. The maximum atomic E-state index is 11.2. The van der Waals surface area contributed by atoms with Crippen LogP contribution in [-0.2, 0) is 9.47 Å². The third kappa shape index (κ3) is 2.75. The second-order valence-corrected chi connectivity index (χ2v) is 13.4. The summed E-state index contributed by atoms with van der Waals surface area (Å²) in [5.74, 6) is 2.12. The number of aliphatic hydroxyl groups is 3. The number of ether oxygens (including phenoxy) is 2. The topological polar surface area (TPSA) is 79.2 Å². The fourth-order valence-corrected chi connectivity index (χ4v) is 10.4. The van der Waals surface area contributed by atoms with Crippen molar-refractivity contribution >= 4 is 0 Å². The Balaban J connectivity index is 1.29. The summed E-state index contributed by atoms with van der Waals surface area (Å²) in [5, 5.41) is 32.6. The van der Waals surface area contributed by atoms with E-state index < -0.39 is 11.9 Å². The second kappa shape index (κ2) is 7.16. The molecular formula is C27H44O5. The van der Waals surface area contributed by atoms with Gasteiger partial charge in [-0.05, 0) is 97.7 Å². The third-order valence-corrected chi connectivity index (χ3v) is 11.9. The van der Waals surface area contributed by atoms with Crippen LogP contribution in [-0.4, -0.2) is 52.1 Å². The van der Waals surface area contributed by atoms with Gasteiger partial charge in [0.2, 0.25) is 0 Å². The zero-order valence-corrected chi connectivity index (χ0v) is 20.4. The van der Waals surface area contributed by atoms with E-state index in [0.717, 1.165) is 38.5 Å². The van der Waals surface area contributed by atoms with Crippen LogP contribution in [0.25, 0.3) is 0 Å². The maximum absolute atomic E-state index is 11.2. The Morgan fingerprint density at radius 2 is 1.56 bits per heavy atom. The van der Waals surface area contributed by atoms with Gasteiger partial charge in [-0.3, -0.25) is 0 Å². The van der Waals surface area contributed by atoms with E-state index in [1.54, 1.807) is 0 Å². The molecule has 0 amide bonds. The average Bonchev–Trinajstić information content (AvgIpc) is 3.18. The molecule has 1 spiro atoms. The molecule has 4 saturated carbocycles. The first-order chi connectivity index (χ1) is 15.1. The van der Waals surface area contributed by atoms with Gasteiger partial charge in [0.15, 0.2) is 5.79 Å². The molecule has 182 valence electrons. The summed E-state index contributed by atoms with van der Waals surface area (Å²) < 4.78 is 13.0. The van der Waals surface area contributed by atoms with Gasteiger partial charge in [0.25, 0.3) is 0 Å². The molecule has 32 heavy (non-hydrogen) atoms. The van der Waals surface area contributed by atoms with Gasteiger partial charge in [0.05, 0.1) is 24.9 Å². The molecule has 14 atom stereocenters. The summed E-state index contributed by atoms with van der Waals surface area (Å²) in [7, 11) is 0. The quantitative estimate of drug-likeness (QED) is 0.526. The Hall–Kier alpha value is -0.200. The van der Waals surface area contributed by atoms with Gasteiger partial charge in [-0.1, -0.05) is 27.7 Å². The minimum absolute atomic E-state index is 0.146.